The van der Waals surface area contributed by atoms with Crippen LogP contribution in [-0.2, 0) is 14.8 Å². The van der Waals surface area contributed by atoms with Crippen LogP contribution in [0, 0.1) is 0 Å². The summed E-state index contributed by atoms with van der Waals surface area (Å²) >= 11 is 0. The van der Waals surface area contributed by atoms with Gasteiger partial charge in [0.05, 0.1) is 17.1 Å². The number of primary sulfonamides is 1. The van der Waals surface area contributed by atoms with Gasteiger partial charge >= 0.3 is 5.97 Å². The van der Waals surface area contributed by atoms with Crippen LogP contribution in [0.5, 0.6) is 0 Å². The minimum Gasteiger partial charge on any atom is -0.462 e. The average molecular weight is 243 g/mol. The van der Waals surface area contributed by atoms with E-state index in [1.165, 1.54) is 18.2 Å². The molecule has 0 saturated carbocycles. The largest absolute Gasteiger partial charge is 0.462 e. The van der Waals surface area contributed by atoms with Crippen LogP contribution < -0.4 is 5.14 Å². The van der Waals surface area contributed by atoms with Gasteiger partial charge in [-0.15, -0.1) is 0 Å². The quantitative estimate of drug-likeness (QED) is 0.796. The van der Waals surface area contributed by atoms with E-state index in [0.717, 1.165) is 0 Å². The number of benzene rings is 1. The Kier molecular flexibility index (Phi) is 4.03. The van der Waals surface area contributed by atoms with Gasteiger partial charge in [-0.2, -0.15) is 0 Å². The van der Waals surface area contributed by atoms with Gasteiger partial charge in [0.25, 0.3) is 0 Å². The topological polar surface area (TPSA) is 86.5 Å². The van der Waals surface area contributed by atoms with Crippen LogP contribution in [0.2, 0.25) is 0 Å². The minimum absolute atomic E-state index is 0.0292. The summed E-state index contributed by atoms with van der Waals surface area (Å²) in [5, 5.41) is 4.99. The first-order valence-electron chi connectivity index (χ1n) is 4.75. The van der Waals surface area contributed by atoms with E-state index in [9.17, 15) is 13.2 Å². The van der Waals surface area contributed by atoms with Crippen LogP contribution in [0.15, 0.2) is 29.2 Å². The van der Waals surface area contributed by atoms with Gasteiger partial charge in [-0.3, -0.25) is 0 Å². The maximum absolute atomic E-state index is 11.5. The van der Waals surface area contributed by atoms with Gasteiger partial charge in [0, 0.05) is 0 Å². The van der Waals surface area contributed by atoms with Crippen LogP contribution in [0.1, 0.15) is 23.7 Å². The molecular weight excluding hydrogens is 230 g/mol. The third kappa shape index (κ3) is 3.04. The molecule has 0 aliphatic heterocycles. The van der Waals surface area contributed by atoms with Gasteiger partial charge in [-0.25, -0.2) is 18.4 Å². The van der Waals surface area contributed by atoms with Crippen molar-refractivity contribution in [2.24, 2.45) is 5.14 Å². The predicted octanol–water partition coefficient (Wildman–Crippen LogP) is 0.901. The van der Waals surface area contributed by atoms with E-state index in [4.69, 9.17) is 9.88 Å². The molecule has 2 N–H and O–H groups in total. The van der Waals surface area contributed by atoms with Crippen LogP contribution in [0.4, 0.5) is 0 Å². The number of ether oxygens (including phenoxy) is 1. The summed E-state index contributed by atoms with van der Waals surface area (Å²) in [6.45, 7) is 2.09. The number of esters is 1. The molecule has 0 aromatic heterocycles. The summed E-state index contributed by atoms with van der Waals surface area (Å²) in [4.78, 5) is 11.3. The Labute approximate surface area is 94.3 Å². The molecule has 0 bridgehead atoms. The Morgan fingerprint density at radius 2 is 2.00 bits per heavy atom. The highest BCUT2D eigenvalue weighted by atomic mass is 32.2. The fraction of sp³-hybridized carbons (Fsp3) is 0.300. The number of hydrogen-bond acceptors (Lipinski definition) is 4. The van der Waals surface area contributed by atoms with Crippen molar-refractivity contribution in [2.75, 3.05) is 6.61 Å². The zero-order chi connectivity index (χ0) is 12.2. The lowest BCUT2D eigenvalue weighted by Crippen LogP contribution is -2.18. The fourth-order valence-corrected chi connectivity index (χ4v) is 1.88. The molecule has 88 valence electrons. The van der Waals surface area contributed by atoms with Crippen molar-refractivity contribution in [3.8, 4) is 0 Å². The van der Waals surface area contributed by atoms with Crippen molar-refractivity contribution >= 4 is 16.0 Å². The molecular formula is C10H13NO4S. The highest BCUT2D eigenvalue weighted by molar-refractivity contribution is 7.89. The minimum atomic E-state index is -3.90. The Morgan fingerprint density at radius 1 is 1.38 bits per heavy atom. The van der Waals surface area contributed by atoms with Gasteiger partial charge in [0.15, 0.2) is 0 Å². The molecule has 0 spiro atoms. The normalized spacial score (nSPS) is 11.1. The van der Waals surface area contributed by atoms with E-state index in [2.05, 4.69) is 0 Å². The van der Waals surface area contributed by atoms with Gasteiger partial charge in [-0.1, -0.05) is 19.1 Å². The first kappa shape index (κ1) is 12.7. The van der Waals surface area contributed by atoms with Gasteiger partial charge in [0.1, 0.15) is 0 Å². The van der Waals surface area contributed by atoms with E-state index >= 15 is 0 Å². The van der Waals surface area contributed by atoms with Crippen LogP contribution in [0.25, 0.3) is 0 Å². The second-order valence-electron chi connectivity index (χ2n) is 3.18. The molecule has 0 atom stereocenters. The van der Waals surface area contributed by atoms with E-state index in [1.54, 1.807) is 6.07 Å². The Morgan fingerprint density at radius 3 is 2.56 bits per heavy atom. The maximum atomic E-state index is 11.5. The molecule has 6 heteroatoms. The maximum Gasteiger partial charge on any atom is 0.339 e. The van der Waals surface area contributed by atoms with Crippen LogP contribution in [-0.4, -0.2) is 21.0 Å². The zero-order valence-corrected chi connectivity index (χ0v) is 9.66. The van der Waals surface area contributed by atoms with E-state index in [-0.39, 0.29) is 17.1 Å². The molecule has 1 rings (SSSR count). The van der Waals surface area contributed by atoms with Crippen molar-refractivity contribution in [3.63, 3.8) is 0 Å². The molecule has 1 aromatic rings. The standard InChI is InChI=1S/C10H13NO4S/c1-2-7-15-10(12)8-5-3-4-6-9(8)16(11,13)14/h3-6H,2,7H2,1H3,(H2,11,13,14). The number of sulfonamides is 1. The van der Waals surface area contributed by atoms with E-state index < -0.39 is 16.0 Å². The van der Waals surface area contributed by atoms with E-state index in [1.807, 2.05) is 6.92 Å². The number of carbonyl (C=O) groups is 1. The molecule has 5 nitrogen and oxygen atoms in total. The highest BCUT2D eigenvalue weighted by Gasteiger charge is 2.19. The summed E-state index contributed by atoms with van der Waals surface area (Å²) in [5.41, 5.74) is -0.0292. The lowest BCUT2D eigenvalue weighted by molar-refractivity contribution is 0.0500. The molecule has 0 radical (unpaired) electrons. The van der Waals surface area contributed by atoms with Crippen molar-refractivity contribution in [1.29, 1.82) is 0 Å². The van der Waals surface area contributed by atoms with Crippen molar-refractivity contribution in [3.05, 3.63) is 29.8 Å². The fourth-order valence-electron chi connectivity index (χ4n) is 1.16. The van der Waals surface area contributed by atoms with Gasteiger partial charge in [-0.05, 0) is 18.6 Å². The highest BCUT2D eigenvalue weighted by Crippen LogP contribution is 2.14. The Hall–Kier alpha value is -1.40. The van der Waals surface area contributed by atoms with Crippen molar-refractivity contribution < 1.29 is 17.9 Å². The number of nitrogens with two attached hydrogens (primary N) is 1. The van der Waals surface area contributed by atoms with Gasteiger partial charge < -0.3 is 4.74 Å². The molecule has 0 aliphatic carbocycles. The third-order valence-electron chi connectivity index (χ3n) is 1.85. The van der Waals surface area contributed by atoms with E-state index in [0.29, 0.717) is 6.42 Å². The smallest absolute Gasteiger partial charge is 0.339 e. The van der Waals surface area contributed by atoms with Crippen molar-refractivity contribution in [2.45, 2.75) is 18.2 Å². The Bertz CT molecular complexity index is 481. The number of hydrogen-bond donors (Lipinski definition) is 1. The predicted molar refractivity (Wildman–Crippen MR) is 58.4 cm³/mol. The molecule has 0 fully saturated rings. The van der Waals surface area contributed by atoms with Crippen LogP contribution >= 0.6 is 0 Å². The molecule has 0 unspecified atom stereocenters. The molecule has 0 saturated heterocycles. The second kappa shape index (κ2) is 5.09. The Balaban J connectivity index is 3.09. The molecule has 16 heavy (non-hydrogen) atoms. The molecule has 0 heterocycles. The lowest BCUT2D eigenvalue weighted by Gasteiger charge is -2.06. The second-order valence-corrected chi connectivity index (χ2v) is 4.71. The first-order valence-corrected chi connectivity index (χ1v) is 6.30. The summed E-state index contributed by atoms with van der Waals surface area (Å²) in [6.07, 6.45) is 0.670. The first-order chi connectivity index (χ1) is 7.46. The summed E-state index contributed by atoms with van der Waals surface area (Å²) in [7, 11) is -3.90. The summed E-state index contributed by atoms with van der Waals surface area (Å²) in [5.74, 6) is -0.675. The van der Waals surface area contributed by atoms with Gasteiger partial charge in [0.2, 0.25) is 10.0 Å². The SMILES string of the molecule is CCCOC(=O)c1ccccc1S(N)(=O)=O. The summed E-state index contributed by atoms with van der Waals surface area (Å²) < 4.78 is 27.3. The number of carbonyl (C=O) groups excluding carboxylic acids is 1. The molecule has 0 amide bonds. The lowest BCUT2D eigenvalue weighted by atomic mass is 10.2. The zero-order valence-electron chi connectivity index (χ0n) is 8.84. The average Bonchev–Trinajstić information content (AvgIpc) is 2.24. The molecule has 1 aromatic carbocycles. The summed E-state index contributed by atoms with van der Waals surface area (Å²) in [6, 6.07) is 5.70. The molecule has 0 aliphatic rings. The van der Waals surface area contributed by atoms with Crippen LogP contribution in [0.3, 0.4) is 0 Å². The monoisotopic (exact) mass is 243 g/mol. The third-order valence-corrected chi connectivity index (χ3v) is 2.82. The van der Waals surface area contributed by atoms with Crippen molar-refractivity contribution in [1.82, 2.24) is 0 Å². The number of rotatable bonds is 4.